The van der Waals surface area contributed by atoms with Gasteiger partial charge >= 0.3 is 5.97 Å². The van der Waals surface area contributed by atoms with Crippen molar-refractivity contribution in [2.24, 2.45) is 0 Å². The van der Waals surface area contributed by atoms with E-state index in [0.717, 1.165) is 25.7 Å². The largest absolute Gasteiger partial charge is 0.465 e. The number of amides is 2. The molecule has 22 heavy (non-hydrogen) atoms. The molecule has 0 aromatic heterocycles. The minimum absolute atomic E-state index is 0.199. The SMILES string of the molecule is COC(=O)c1ccc(NC(=O)CC(=O)NC2CCCC2)cc1. The van der Waals surface area contributed by atoms with Crippen molar-refractivity contribution in [3.05, 3.63) is 29.8 Å². The third-order valence-electron chi connectivity index (χ3n) is 3.63. The van der Waals surface area contributed by atoms with E-state index in [1.54, 1.807) is 24.3 Å². The first-order valence-corrected chi connectivity index (χ1v) is 7.36. The highest BCUT2D eigenvalue weighted by Gasteiger charge is 2.18. The first-order chi connectivity index (χ1) is 10.6. The lowest BCUT2D eigenvalue weighted by molar-refractivity contribution is -0.127. The number of anilines is 1. The molecule has 0 aliphatic heterocycles. The van der Waals surface area contributed by atoms with Crippen LogP contribution in [-0.2, 0) is 14.3 Å². The Balaban J connectivity index is 1.80. The molecule has 1 aliphatic rings. The van der Waals surface area contributed by atoms with Crippen LogP contribution in [-0.4, -0.2) is 30.9 Å². The van der Waals surface area contributed by atoms with E-state index in [4.69, 9.17) is 0 Å². The molecular weight excluding hydrogens is 284 g/mol. The molecule has 118 valence electrons. The minimum Gasteiger partial charge on any atom is -0.465 e. The average molecular weight is 304 g/mol. The Bertz CT molecular complexity index is 548. The van der Waals surface area contributed by atoms with Crippen LogP contribution in [0.1, 0.15) is 42.5 Å². The summed E-state index contributed by atoms with van der Waals surface area (Å²) in [7, 11) is 1.31. The second-order valence-corrected chi connectivity index (χ2v) is 5.34. The van der Waals surface area contributed by atoms with Gasteiger partial charge in [0.25, 0.3) is 0 Å². The lowest BCUT2D eigenvalue weighted by Crippen LogP contribution is -2.35. The summed E-state index contributed by atoms with van der Waals surface area (Å²) in [6, 6.07) is 6.51. The Morgan fingerprint density at radius 2 is 1.73 bits per heavy atom. The molecule has 1 aliphatic carbocycles. The van der Waals surface area contributed by atoms with Gasteiger partial charge in [-0.3, -0.25) is 9.59 Å². The molecule has 2 amide bonds. The highest BCUT2D eigenvalue weighted by atomic mass is 16.5. The van der Waals surface area contributed by atoms with Crippen molar-refractivity contribution in [1.29, 1.82) is 0 Å². The van der Waals surface area contributed by atoms with Crippen LogP contribution in [0.15, 0.2) is 24.3 Å². The van der Waals surface area contributed by atoms with E-state index in [9.17, 15) is 14.4 Å². The molecule has 1 aromatic rings. The van der Waals surface area contributed by atoms with Gasteiger partial charge in [-0.25, -0.2) is 4.79 Å². The molecule has 2 rings (SSSR count). The van der Waals surface area contributed by atoms with E-state index in [0.29, 0.717) is 11.3 Å². The fraction of sp³-hybridized carbons (Fsp3) is 0.438. The molecule has 6 nitrogen and oxygen atoms in total. The summed E-state index contributed by atoms with van der Waals surface area (Å²) < 4.78 is 4.59. The molecule has 2 N–H and O–H groups in total. The maximum absolute atomic E-state index is 11.8. The quantitative estimate of drug-likeness (QED) is 0.642. The number of carbonyl (C=O) groups is 3. The van der Waals surface area contributed by atoms with Gasteiger partial charge in [0, 0.05) is 11.7 Å². The lowest BCUT2D eigenvalue weighted by atomic mass is 10.2. The van der Waals surface area contributed by atoms with Gasteiger partial charge in [-0.2, -0.15) is 0 Å². The van der Waals surface area contributed by atoms with Crippen LogP contribution in [0.3, 0.4) is 0 Å². The molecule has 0 atom stereocenters. The predicted octanol–water partition coefficient (Wildman–Crippen LogP) is 1.86. The molecular formula is C16H20N2O4. The van der Waals surface area contributed by atoms with E-state index >= 15 is 0 Å². The van der Waals surface area contributed by atoms with Crippen LogP contribution in [0.4, 0.5) is 5.69 Å². The van der Waals surface area contributed by atoms with Crippen LogP contribution in [0.2, 0.25) is 0 Å². The van der Waals surface area contributed by atoms with Crippen molar-refractivity contribution in [3.8, 4) is 0 Å². The molecule has 0 radical (unpaired) electrons. The second kappa shape index (κ2) is 7.59. The van der Waals surface area contributed by atoms with Gasteiger partial charge in [-0.05, 0) is 37.1 Å². The Labute approximate surface area is 129 Å². The monoisotopic (exact) mass is 304 g/mol. The first-order valence-electron chi connectivity index (χ1n) is 7.36. The number of hydrogen-bond acceptors (Lipinski definition) is 4. The predicted molar refractivity (Wildman–Crippen MR) is 81.4 cm³/mol. The highest BCUT2D eigenvalue weighted by Crippen LogP contribution is 2.17. The molecule has 0 heterocycles. The summed E-state index contributed by atoms with van der Waals surface area (Å²) >= 11 is 0. The van der Waals surface area contributed by atoms with Crippen molar-refractivity contribution >= 4 is 23.5 Å². The number of benzene rings is 1. The molecule has 1 fully saturated rings. The van der Waals surface area contributed by atoms with Crippen LogP contribution < -0.4 is 10.6 Å². The minimum atomic E-state index is -0.436. The number of ether oxygens (including phenoxy) is 1. The normalized spacial score (nSPS) is 14.4. The van der Waals surface area contributed by atoms with Gasteiger partial charge < -0.3 is 15.4 Å². The van der Waals surface area contributed by atoms with E-state index in [1.165, 1.54) is 7.11 Å². The van der Waals surface area contributed by atoms with Gasteiger partial charge in [0.1, 0.15) is 6.42 Å². The Kier molecular flexibility index (Phi) is 5.52. The van der Waals surface area contributed by atoms with Crippen LogP contribution >= 0.6 is 0 Å². The van der Waals surface area contributed by atoms with Gasteiger partial charge in [-0.15, -0.1) is 0 Å². The summed E-state index contributed by atoms with van der Waals surface area (Å²) in [4.78, 5) is 34.9. The summed E-state index contributed by atoms with van der Waals surface area (Å²) in [5.41, 5.74) is 0.936. The van der Waals surface area contributed by atoms with Crippen molar-refractivity contribution in [2.75, 3.05) is 12.4 Å². The Morgan fingerprint density at radius 3 is 2.32 bits per heavy atom. The number of esters is 1. The average Bonchev–Trinajstić information content (AvgIpc) is 2.99. The van der Waals surface area contributed by atoms with E-state index in [-0.39, 0.29) is 24.3 Å². The molecule has 0 saturated heterocycles. The molecule has 6 heteroatoms. The zero-order chi connectivity index (χ0) is 15.9. The van der Waals surface area contributed by atoms with Gasteiger partial charge in [0.2, 0.25) is 11.8 Å². The highest BCUT2D eigenvalue weighted by molar-refractivity contribution is 6.03. The lowest BCUT2D eigenvalue weighted by Gasteiger charge is -2.11. The third-order valence-corrected chi connectivity index (χ3v) is 3.63. The van der Waals surface area contributed by atoms with Crippen LogP contribution in [0.5, 0.6) is 0 Å². The van der Waals surface area contributed by atoms with Crippen molar-refractivity contribution in [1.82, 2.24) is 5.32 Å². The molecule has 1 saturated carbocycles. The van der Waals surface area contributed by atoms with Crippen molar-refractivity contribution in [3.63, 3.8) is 0 Å². The molecule has 0 spiro atoms. The van der Waals surface area contributed by atoms with Crippen molar-refractivity contribution in [2.45, 2.75) is 38.1 Å². The molecule has 0 unspecified atom stereocenters. The number of rotatable bonds is 5. The van der Waals surface area contributed by atoms with E-state index in [1.807, 2.05) is 0 Å². The first kappa shape index (κ1) is 16.0. The van der Waals surface area contributed by atoms with E-state index in [2.05, 4.69) is 15.4 Å². The standard InChI is InChI=1S/C16H20N2O4/c1-22-16(21)11-6-8-13(9-7-11)18-15(20)10-14(19)17-12-4-2-3-5-12/h6-9,12H,2-5,10H2,1H3,(H,17,19)(H,18,20). The van der Waals surface area contributed by atoms with E-state index < -0.39 is 5.97 Å². The number of carbonyl (C=O) groups excluding carboxylic acids is 3. The molecule has 1 aromatic carbocycles. The van der Waals surface area contributed by atoms with Gasteiger partial charge in [-0.1, -0.05) is 12.8 Å². The second-order valence-electron chi connectivity index (χ2n) is 5.34. The maximum Gasteiger partial charge on any atom is 0.337 e. The maximum atomic E-state index is 11.8. The topological polar surface area (TPSA) is 84.5 Å². The van der Waals surface area contributed by atoms with Crippen LogP contribution in [0.25, 0.3) is 0 Å². The summed E-state index contributed by atoms with van der Waals surface area (Å²) in [5.74, 6) is -1.06. The van der Waals surface area contributed by atoms with Crippen molar-refractivity contribution < 1.29 is 19.1 Å². The summed E-state index contributed by atoms with van der Waals surface area (Å²) in [6.45, 7) is 0. The van der Waals surface area contributed by atoms with Gasteiger partial charge in [0.05, 0.1) is 12.7 Å². The zero-order valence-corrected chi connectivity index (χ0v) is 12.6. The third kappa shape index (κ3) is 4.58. The summed E-state index contributed by atoms with van der Waals surface area (Å²) in [5, 5.41) is 5.50. The number of nitrogens with one attached hydrogen (secondary N) is 2. The fourth-order valence-corrected chi connectivity index (χ4v) is 2.51. The number of hydrogen-bond donors (Lipinski definition) is 2. The summed E-state index contributed by atoms with van der Waals surface area (Å²) in [6.07, 6.45) is 4.04. The smallest absolute Gasteiger partial charge is 0.337 e. The number of methoxy groups -OCH3 is 1. The zero-order valence-electron chi connectivity index (χ0n) is 12.6. The molecule has 0 bridgehead atoms. The van der Waals surface area contributed by atoms with Gasteiger partial charge in [0.15, 0.2) is 0 Å². The Hall–Kier alpha value is -2.37. The van der Waals surface area contributed by atoms with Crippen LogP contribution in [0, 0.1) is 0 Å². The fourth-order valence-electron chi connectivity index (χ4n) is 2.51. The Morgan fingerprint density at radius 1 is 1.09 bits per heavy atom.